The summed E-state index contributed by atoms with van der Waals surface area (Å²) in [4.78, 5) is 11.6. The number of carbonyl (C=O) groups is 1. The van der Waals surface area contributed by atoms with E-state index in [2.05, 4.69) is 32.9 Å². The maximum Gasteiger partial charge on any atom is 0.338 e. The summed E-state index contributed by atoms with van der Waals surface area (Å²) in [6.45, 7) is 5.56. The monoisotopic (exact) mass is 391 g/mol. The summed E-state index contributed by atoms with van der Waals surface area (Å²) in [5.41, 5.74) is 1.03. The molecular weight excluding hydrogens is 373 g/mol. The summed E-state index contributed by atoms with van der Waals surface area (Å²) in [6, 6.07) is 3.30. The van der Waals surface area contributed by atoms with Gasteiger partial charge in [0.25, 0.3) is 0 Å². The molecule has 7 heteroatoms. The maximum absolute atomic E-state index is 11.6. The van der Waals surface area contributed by atoms with Gasteiger partial charge in [0.05, 0.1) is 19.8 Å². The van der Waals surface area contributed by atoms with E-state index < -0.39 is 5.97 Å². The molecule has 1 aromatic carbocycles. The zero-order valence-corrected chi connectivity index (χ0v) is 14.2. The third-order valence-electron chi connectivity index (χ3n) is 2.67. The first-order valence-electron chi connectivity index (χ1n) is 6.19. The molecule has 1 aromatic rings. The van der Waals surface area contributed by atoms with Crippen molar-refractivity contribution in [1.82, 2.24) is 5.01 Å². The average Bonchev–Trinajstić information content (AvgIpc) is 2.47. The van der Waals surface area contributed by atoms with Crippen LogP contribution >= 0.6 is 22.6 Å². The van der Waals surface area contributed by atoms with Crippen LogP contribution in [0.4, 0.5) is 5.69 Å². The third kappa shape index (κ3) is 4.06. The van der Waals surface area contributed by atoms with Crippen LogP contribution in [0.5, 0.6) is 5.75 Å². The van der Waals surface area contributed by atoms with Crippen LogP contribution in [0.25, 0.3) is 0 Å². The van der Waals surface area contributed by atoms with Gasteiger partial charge in [0, 0.05) is 16.7 Å². The standard InChI is InChI=1S/C13H18IN3O3/c1-5-17(6-2)16-15-12-10(14)7-9(13(18)20-4)8-11(12)19-3/h7-8H,5-6H2,1-4H3. The molecule has 0 spiro atoms. The summed E-state index contributed by atoms with van der Waals surface area (Å²) in [5.74, 6) is 0.0849. The van der Waals surface area contributed by atoms with Gasteiger partial charge in [-0.1, -0.05) is 5.22 Å². The molecule has 0 unspecified atom stereocenters. The molecule has 0 aliphatic heterocycles. The highest BCUT2D eigenvalue weighted by Crippen LogP contribution is 2.34. The fourth-order valence-corrected chi connectivity index (χ4v) is 2.23. The lowest BCUT2D eigenvalue weighted by Crippen LogP contribution is -2.14. The lowest BCUT2D eigenvalue weighted by Gasteiger charge is -2.13. The van der Waals surface area contributed by atoms with Crippen LogP contribution in [0.3, 0.4) is 0 Å². The second kappa shape index (κ2) is 8.03. The minimum Gasteiger partial charge on any atom is -0.494 e. The fourth-order valence-electron chi connectivity index (χ4n) is 1.52. The van der Waals surface area contributed by atoms with Gasteiger partial charge in [-0.2, -0.15) is 0 Å². The molecule has 0 aliphatic rings. The Kier molecular flexibility index (Phi) is 6.69. The highest BCUT2D eigenvalue weighted by Gasteiger charge is 2.14. The van der Waals surface area contributed by atoms with E-state index in [4.69, 9.17) is 9.47 Å². The molecule has 0 radical (unpaired) electrons. The van der Waals surface area contributed by atoms with Crippen LogP contribution in [0.15, 0.2) is 22.5 Å². The molecule has 0 heterocycles. The van der Waals surface area contributed by atoms with Crippen LogP contribution in [-0.4, -0.2) is 38.3 Å². The van der Waals surface area contributed by atoms with Crippen LogP contribution in [0, 0.1) is 3.57 Å². The number of ether oxygens (including phenoxy) is 2. The predicted molar refractivity (Wildman–Crippen MR) is 84.5 cm³/mol. The van der Waals surface area contributed by atoms with Crippen molar-refractivity contribution in [3.05, 3.63) is 21.3 Å². The smallest absolute Gasteiger partial charge is 0.338 e. The van der Waals surface area contributed by atoms with Crippen molar-refractivity contribution < 1.29 is 14.3 Å². The van der Waals surface area contributed by atoms with Gasteiger partial charge in [-0.3, -0.25) is 5.01 Å². The minimum absolute atomic E-state index is 0.409. The highest BCUT2D eigenvalue weighted by atomic mass is 127. The van der Waals surface area contributed by atoms with E-state index in [0.717, 1.165) is 16.7 Å². The van der Waals surface area contributed by atoms with Crippen LogP contribution < -0.4 is 4.74 Å². The first kappa shape index (κ1) is 16.7. The van der Waals surface area contributed by atoms with Gasteiger partial charge in [-0.05, 0) is 48.6 Å². The van der Waals surface area contributed by atoms with Gasteiger partial charge in [0.2, 0.25) is 0 Å². The Morgan fingerprint density at radius 2 is 1.95 bits per heavy atom. The topological polar surface area (TPSA) is 63.5 Å². The summed E-state index contributed by atoms with van der Waals surface area (Å²) < 4.78 is 10.8. The molecule has 0 atom stereocenters. The first-order chi connectivity index (χ1) is 9.57. The summed E-state index contributed by atoms with van der Waals surface area (Å²) in [6.07, 6.45) is 0. The van der Waals surface area contributed by atoms with E-state index in [9.17, 15) is 4.79 Å². The number of esters is 1. The normalized spacial score (nSPS) is 10.7. The van der Waals surface area contributed by atoms with E-state index in [-0.39, 0.29) is 0 Å². The second-order valence-corrected chi connectivity index (χ2v) is 4.99. The van der Waals surface area contributed by atoms with Gasteiger partial charge in [0.15, 0.2) is 0 Å². The Balaban J connectivity index is 3.17. The number of rotatable bonds is 6. The van der Waals surface area contributed by atoms with Crippen molar-refractivity contribution in [2.45, 2.75) is 13.8 Å². The van der Waals surface area contributed by atoms with Crippen molar-refractivity contribution in [3.63, 3.8) is 0 Å². The average molecular weight is 391 g/mol. The SMILES string of the molecule is CCN(CC)N=Nc1c(I)cc(C(=O)OC)cc1OC. The van der Waals surface area contributed by atoms with E-state index in [1.54, 1.807) is 12.1 Å². The van der Waals surface area contributed by atoms with Crippen molar-refractivity contribution in [1.29, 1.82) is 0 Å². The van der Waals surface area contributed by atoms with E-state index >= 15 is 0 Å². The molecule has 110 valence electrons. The molecule has 0 saturated carbocycles. The number of carbonyl (C=O) groups excluding carboxylic acids is 1. The van der Waals surface area contributed by atoms with Crippen molar-refractivity contribution >= 4 is 34.2 Å². The Labute approximate surface area is 132 Å². The van der Waals surface area contributed by atoms with Gasteiger partial charge in [0.1, 0.15) is 11.4 Å². The van der Waals surface area contributed by atoms with Crippen LogP contribution in [0.1, 0.15) is 24.2 Å². The molecule has 0 aliphatic carbocycles. The van der Waals surface area contributed by atoms with E-state index in [0.29, 0.717) is 17.0 Å². The highest BCUT2D eigenvalue weighted by molar-refractivity contribution is 14.1. The molecule has 0 fully saturated rings. The number of nitrogens with zero attached hydrogens (tertiary/aromatic N) is 3. The zero-order valence-electron chi connectivity index (χ0n) is 12.0. The Bertz CT molecular complexity index is 502. The molecule has 6 nitrogen and oxygen atoms in total. The Hall–Kier alpha value is -1.38. The number of benzene rings is 1. The van der Waals surface area contributed by atoms with Gasteiger partial charge < -0.3 is 9.47 Å². The minimum atomic E-state index is -0.409. The fraction of sp³-hybridized carbons (Fsp3) is 0.462. The number of hydrogen-bond acceptors (Lipinski definition) is 5. The Morgan fingerprint density at radius 1 is 1.30 bits per heavy atom. The summed E-state index contributed by atoms with van der Waals surface area (Å²) in [5, 5.41) is 10.2. The quantitative estimate of drug-likeness (QED) is 0.323. The lowest BCUT2D eigenvalue weighted by atomic mass is 10.2. The van der Waals surface area contributed by atoms with Gasteiger partial charge in [-0.15, -0.1) is 5.11 Å². The maximum atomic E-state index is 11.6. The molecule has 0 aromatic heterocycles. The van der Waals surface area contributed by atoms with E-state index in [1.807, 2.05) is 18.9 Å². The van der Waals surface area contributed by atoms with Crippen molar-refractivity contribution in [3.8, 4) is 5.75 Å². The second-order valence-electron chi connectivity index (χ2n) is 3.83. The summed E-state index contributed by atoms with van der Waals surface area (Å²) >= 11 is 2.10. The van der Waals surface area contributed by atoms with Gasteiger partial charge in [-0.25, -0.2) is 4.79 Å². The largest absolute Gasteiger partial charge is 0.494 e. The van der Waals surface area contributed by atoms with E-state index in [1.165, 1.54) is 14.2 Å². The number of hydrogen-bond donors (Lipinski definition) is 0. The van der Waals surface area contributed by atoms with Crippen LogP contribution in [-0.2, 0) is 4.74 Å². The van der Waals surface area contributed by atoms with Crippen molar-refractivity contribution in [2.75, 3.05) is 27.3 Å². The molecule has 0 N–H and O–H groups in total. The molecule has 0 bridgehead atoms. The lowest BCUT2D eigenvalue weighted by molar-refractivity contribution is 0.0600. The summed E-state index contributed by atoms with van der Waals surface area (Å²) in [7, 11) is 2.87. The molecule has 0 saturated heterocycles. The zero-order chi connectivity index (χ0) is 15.1. The third-order valence-corrected chi connectivity index (χ3v) is 3.49. The van der Waals surface area contributed by atoms with Crippen molar-refractivity contribution in [2.24, 2.45) is 10.3 Å². The number of methoxy groups -OCH3 is 2. The molecule has 0 amide bonds. The molecular formula is C13H18IN3O3. The molecule has 20 heavy (non-hydrogen) atoms. The Morgan fingerprint density at radius 3 is 2.45 bits per heavy atom. The number of halogens is 1. The molecule has 1 rings (SSSR count). The predicted octanol–water partition coefficient (Wildman–Crippen LogP) is 3.43. The van der Waals surface area contributed by atoms with Crippen LogP contribution in [0.2, 0.25) is 0 Å². The first-order valence-corrected chi connectivity index (χ1v) is 7.27. The van der Waals surface area contributed by atoms with Gasteiger partial charge >= 0.3 is 5.97 Å².